The zero-order valence-corrected chi connectivity index (χ0v) is 20.6. The maximum atomic E-state index is 13.2. The molecule has 5 aliphatic rings. The lowest BCUT2D eigenvalue weighted by Crippen LogP contribution is -2.47. The lowest BCUT2D eigenvalue weighted by molar-refractivity contribution is -0.139. The van der Waals surface area contributed by atoms with Crippen LogP contribution in [0, 0.1) is 23.2 Å². The van der Waals surface area contributed by atoms with Crippen LogP contribution in [0.3, 0.4) is 0 Å². The van der Waals surface area contributed by atoms with Gasteiger partial charge in [0.1, 0.15) is 17.9 Å². The minimum Gasteiger partial charge on any atom is -0.482 e. The first-order valence-electron chi connectivity index (χ1n) is 13.2. The Morgan fingerprint density at radius 3 is 2.53 bits per heavy atom. The van der Waals surface area contributed by atoms with E-state index in [2.05, 4.69) is 20.2 Å². The number of carboxylic acid groups (broad SMARTS) is 1. The molecule has 4 saturated carbocycles. The lowest BCUT2D eigenvalue weighted by Gasteiger charge is -2.56. The summed E-state index contributed by atoms with van der Waals surface area (Å²) in [6, 6.07) is 7.54. The Bertz CT molecular complexity index is 1130. The average molecular weight is 491 g/mol. The van der Waals surface area contributed by atoms with E-state index in [4.69, 9.17) is 9.84 Å². The third-order valence-electron chi connectivity index (χ3n) is 8.76. The second-order valence-electron chi connectivity index (χ2n) is 11.5. The van der Waals surface area contributed by atoms with Crippen molar-refractivity contribution in [3.05, 3.63) is 47.4 Å². The molecule has 1 aromatic heterocycles. The molecule has 2 aromatic rings. The highest BCUT2D eigenvalue weighted by atomic mass is 16.5. The van der Waals surface area contributed by atoms with Crippen LogP contribution in [-0.4, -0.2) is 45.0 Å². The minimum atomic E-state index is -0.994. The van der Waals surface area contributed by atoms with Gasteiger partial charge in [0, 0.05) is 37.2 Å². The van der Waals surface area contributed by atoms with Gasteiger partial charge >= 0.3 is 5.97 Å². The third kappa shape index (κ3) is 4.83. The van der Waals surface area contributed by atoms with E-state index in [0.29, 0.717) is 31.1 Å². The maximum Gasteiger partial charge on any atom is 0.341 e. The number of carbonyl (C=O) groups is 2. The molecule has 0 radical (unpaired) electrons. The Morgan fingerprint density at radius 1 is 1.08 bits per heavy atom. The number of nitrogens with one attached hydrogen (secondary N) is 1. The third-order valence-corrected chi connectivity index (χ3v) is 8.76. The van der Waals surface area contributed by atoms with Crippen LogP contribution in [0.5, 0.6) is 5.75 Å². The van der Waals surface area contributed by atoms with Crippen molar-refractivity contribution in [2.75, 3.05) is 18.5 Å². The number of aliphatic carboxylic acids is 1. The summed E-state index contributed by atoms with van der Waals surface area (Å²) in [5.74, 6) is 2.87. The molecule has 1 amide bonds. The number of para-hydroxylation sites is 1. The number of amides is 1. The number of anilines is 1. The summed E-state index contributed by atoms with van der Waals surface area (Å²) < 4.78 is 5.47. The molecule has 36 heavy (non-hydrogen) atoms. The summed E-state index contributed by atoms with van der Waals surface area (Å²) in [5.41, 5.74) is 3.12. The van der Waals surface area contributed by atoms with E-state index in [-0.39, 0.29) is 17.9 Å². The molecule has 0 atom stereocenters. The highest BCUT2D eigenvalue weighted by molar-refractivity contribution is 5.91. The number of aromatic nitrogens is 2. The van der Waals surface area contributed by atoms with Gasteiger partial charge in [-0.25, -0.2) is 14.8 Å². The van der Waals surface area contributed by atoms with Gasteiger partial charge in [-0.2, -0.15) is 0 Å². The smallest absolute Gasteiger partial charge is 0.341 e. The van der Waals surface area contributed by atoms with Crippen LogP contribution in [0.1, 0.15) is 61.8 Å². The van der Waals surface area contributed by atoms with Crippen LogP contribution in [0.15, 0.2) is 30.6 Å². The topological polar surface area (TPSA) is 105 Å². The molecule has 0 spiro atoms. The number of carbonyl (C=O) groups excluding carboxylic acids is 1. The predicted molar refractivity (Wildman–Crippen MR) is 133 cm³/mol. The molecule has 2 heterocycles. The first-order chi connectivity index (χ1) is 17.4. The van der Waals surface area contributed by atoms with E-state index >= 15 is 0 Å². The molecule has 4 fully saturated rings. The van der Waals surface area contributed by atoms with Gasteiger partial charge in [0.05, 0.1) is 5.69 Å². The zero-order valence-electron chi connectivity index (χ0n) is 20.6. The number of fused-ring (bicyclic) bond motifs is 1. The number of nitrogens with zero attached hydrogens (tertiary/aromatic N) is 3. The monoisotopic (exact) mass is 490 g/mol. The summed E-state index contributed by atoms with van der Waals surface area (Å²) in [4.78, 5) is 35.4. The fourth-order valence-electron chi connectivity index (χ4n) is 7.83. The Kier molecular flexibility index (Phi) is 6.15. The molecule has 2 N–H and O–H groups in total. The highest BCUT2D eigenvalue weighted by Gasteiger charge is 2.51. The Morgan fingerprint density at radius 2 is 1.81 bits per heavy atom. The first-order valence-corrected chi connectivity index (χ1v) is 13.2. The molecule has 1 aliphatic heterocycles. The standard InChI is InChI=1S/C28H34N4O4/c33-25(13-28-10-18-7-19(11-28)9-20(8-18)12-28)31-27-22-5-6-32(15-23(22)29-17-30-27)14-21-3-1-2-4-24(21)36-16-26(34)35/h1-4,17-20H,5-16H2,(H,34,35)(H,29,30,31,33). The minimum absolute atomic E-state index is 0.102. The summed E-state index contributed by atoms with van der Waals surface area (Å²) in [6.07, 6.45) is 10.7. The fourth-order valence-corrected chi connectivity index (χ4v) is 7.83. The van der Waals surface area contributed by atoms with Gasteiger partial charge in [0.2, 0.25) is 5.91 Å². The molecule has 190 valence electrons. The van der Waals surface area contributed by atoms with Gasteiger partial charge in [0.25, 0.3) is 0 Å². The summed E-state index contributed by atoms with van der Waals surface area (Å²) in [7, 11) is 0. The zero-order chi connectivity index (χ0) is 24.7. The van der Waals surface area contributed by atoms with E-state index < -0.39 is 5.97 Å². The van der Waals surface area contributed by atoms with Crippen LogP contribution in [0.4, 0.5) is 5.82 Å². The summed E-state index contributed by atoms with van der Waals surface area (Å²) in [5, 5.41) is 12.1. The molecule has 0 saturated heterocycles. The average Bonchev–Trinajstić information content (AvgIpc) is 2.82. The molecule has 4 aliphatic carbocycles. The molecule has 7 rings (SSSR count). The van der Waals surface area contributed by atoms with Crippen molar-refractivity contribution in [2.45, 2.75) is 64.5 Å². The lowest BCUT2D eigenvalue weighted by atomic mass is 9.49. The van der Waals surface area contributed by atoms with Crippen LogP contribution >= 0.6 is 0 Å². The van der Waals surface area contributed by atoms with E-state index in [0.717, 1.165) is 47.5 Å². The second-order valence-corrected chi connectivity index (χ2v) is 11.5. The summed E-state index contributed by atoms with van der Waals surface area (Å²) >= 11 is 0. The molecule has 8 heteroatoms. The molecule has 8 nitrogen and oxygen atoms in total. The van der Waals surface area contributed by atoms with Crippen molar-refractivity contribution in [2.24, 2.45) is 23.2 Å². The van der Waals surface area contributed by atoms with E-state index in [1.165, 1.54) is 38.5 Å². The number of hydrogen-bond acceptors (Lipinski definition) is 6. The summed E-state index contributed by atoms with van der Waals surface area (Å²) in [6.45, 7) is 1.71. The Balaban J connectivity index is 1.10. The van der Waals surface area contributed by atoms with Crippen molar-refractivity contribution >= 4 is 17.7 Å². The van der Waals surface area contributed by atoms with Crippen LogP contribution < -0.4 is 10.1 Å². The van der Waals surface area contributed by atoms with Crippen LogP contribution in [-0.2, 0) is 29.1 Å². The second kappa shape index (κ2) is 9.47. The number of ether oxygens (including phenoxy) is 1. The molecule has 1 aromatic carbocycles. The number of carboxylic acids is 1. The van der Waals surface area contributed by atoms with Crippen molar-refractivity contribution in [3.8, 4) is 5.75 Å². The first kappa shape index (κ1) is 23.4. The Labute approximate surface area is 211 Å². The van der Waals surface area contributed by atoms with E-state index in [9.17, 15) is 9.59 Å². The number of hydrogen-bond donors (Lipinski definition) is 2. The van der Waals surface area contributed by atoms with Gasteiger partial charge in [-0.05, 0) is 74.2 Å². The molecule has 4 bridgehead atoms. The largest absolute Gasteiger partial charge is 0.482 e. The van der Waals surface area contributed by atoms with Crippen molar-refractivity contribution in [3.63, 3.8) is 0 Å². The predicted octanol–water partition coefficient (Wildman–Crippen LogP) is 4.04. The molecular formula is C28H34N4O4. The van der Waals surface area contributed by atoms with Gasteiger partial charge in [-0.1, -0.05) is 18.2 Å². The van der Waals surface area contributed by atoms with Crippen molar-refractivity contribution < 1.29 is 19.4 Å². The Hall–Kier alpha value is -3.00. The SMILES string of the molecule is O=C(O)COc1ccccc1CN1CCc2c(ncnc2NC(=O)CC23CC4CC(CC(C4)C2)C3)C1. The number of benzene rings is 1. The van der Waals surface area contributed by atoms with Gasteiger partial charge < -0.3 is 15.2 Å². The van der Waals surface area contributed by atoms with Gasteiger partial charge in [0.15, 0.2) is 6.61 Å². The maximum absolute atomic E-state index is 13.2. The normalized spacial score (nSPS) is 28.5. The number of rotatable bonds is 8. The van der Waals surface area contributed by atoms with Crippen molar-refractivity contribution in [1.29, 1.82) is 0 Å². The van der Waals surface area contributed by atoms with Crippen molar-refractivity contribution in [1.82, 2.24) is 14.9 Å². The van der Waals surface area contributed by atoms with E-state index in [1.54, 1.807) is 12.4 Å². The quantitative estimate of drug-likeness (QED) is 0.575. The highest BCUT2D eigenvalue weighted by Crippen LogP contribution is 2.61. The van der Waals surface area contributed by atoms with Gasteiger partial charge in [-0.3, -0.25) is 9.69 Å². The fraction of sp³-hybridized carbons (Fsp3) is 0.571. The molecular weight excluding hydrogens is 456 g/mol. The molecule has 0 unspecified atom stereocenters. The van der Waals surface area contributed by atoms with Crippen LogP contribution in [0.25, 0.3) is 0 Å². The van der Waals surface area contributed by atoms with Gasteiger partial charge in [-0.15, -0.1) is 0 Å². The van der Waals surface area contributed by atoms with Crippen LogP contribution in [0.2, 0.25) is 0 Å². The van der Waals surface area contributed by atoms with E-state index in [1.807, 2.05) is 18.2 Å².